The third kappa shape index (κ3) is 27.6. The number of benzene rings is 3. The number of hydrogen-bond donors (Lipinski definition) is 7. The molecule has 44 heteroatoms. The Hall–Kier alpha value is -10.9. The van der Waals surface area contributed by atoms with Gasteiger partial charge >= 0.3 is 30.7 Å². The lowest BCUT2D eigenvalue weighted by Gasteiger charge is -2.22. The minimum absolute atomic E-state index is 0.000680. The fraction of sp³-hybridized carbons (Fsp3) is 0.274. The van der Waals surface area contributed by atoms with Gasteiger partial charge in [0.15, 0.2) is 11.4 Å². The van der Waals surface area contributed by atoms with E-state index in [1.54, 1.807) is 46.8 Å². The highest BCUT2D eigenvalue weighted by Crippen LogP contribution is 2.38. The van der Waals surface area contributed by atoms with Crippen molar-refractivity contribution in [2.45, 2.75) is 128 Å². The summed E-state index contributed by atoms with van der Waals surface area (Å²) in [6.07, 6.45) is -12.2. The SMILES string of the molecule is CCN(C(=O)c1ncc(Cl)cc1NS(=O)(=O)c1ccc(C)c(C(F)(F)F)c1)c1cccc(N)n1.CCN(C(=O)c1ncc(Cl)cc1NS(=O)(=O)c1ccc(C)c(C(F)(F)F)c1)c1cccc(NC(=O)OC(C)(C)C)n1.CCNc1cccc(NC(=O)OC(C)(C)C)n1.Cc1ccc(S(=O)(=O)Nc2cc(Cl)cnc2C(=O)Cl)cc1C(F)(F)F. The first kappa shape index (κ1) is 94.9. The number of rotatable bonds is 20. The minimum Gasteiger partial charge on any atom is -0.444 e. The van der Waals surface area contributed by atoms with Crippen LogP contribution < -0.4 is 45.7 Å². The van der Waals surface area contributed by atoms with Crippen molar-refractivity contribution < 1.29 is 98.2 Å². The Kier molecular flexibility index (Phi) is 31.6. The van der Waals surface area contributed by atoms with E-state index in [1.807, 2.05) is 44.5 Å². The molecule has 9 rings (SSSR count). The second-order valence-electron chi connectivity index (χ2n) is 26.3. The Labute approximate surface area is 686 Å². The molecule has 0 atom stereocenters. The van der Waals surface area contributed by atoms with E-state index in [9.17, 15) is 88.7 Å². The Bertz CT molecular complexity index is 5540. The largest absolute Gasteiger partial charge is 0.444 e. The molecule has 8 N–H and O–H groups in total. The van der Waals surface area contributed by atoms with Crippen LogP contribution in [-0.2, 0) is 58.1 Å². The summed E-state index contributed by atoms with van der Waals surface area (Å²) >= 11 is 23.0. The van der Waals surface area contributed by atoms with Gasteiger partial charge in [-0.1, -0.05) is 71.2 Å². The average molecular weight is 1780 g/mol. The van der Waals surface area contributed by atoms with Crippen molar-refractivity contribution in [3.05, 3.63) is 212 Å². The summed E-state index contributed by atoms with van der Waals surface area (Å²) in [5, 5.41) is 7.02. The maximum Gasteiger partial charge on any atom is 0.416 e. The van der Waals surface area contributed by atoms with Crippen LogP contribution in [0, 0.1) is 20.8 Å². The van der Waals surface area contributed by atoms with Crippen LogP contribution in [0.5, 0.6) is 0 Å². The van der Waals surface area contributed by atoms with Gasteiger partial charge in [-0.05, 0) is 202 Å². The summed E-state index contributed by atoms with van der Waals surface area (Å²) in [6, 6.07) is 25.5. The topological polar surface area (TPSA) is 388 Å². The second kappa shape index (κ2) is 38.9. The zero-order valence-corrected chi connectivity index (χ0v) is 69.1. The number of nitrogens with two attached hydrogens (primary N) is 1. The first-order valence-electron chi connectivity index (χ1n) is 33.9. The summed E-state index contributed by atoms with van der Waals surface area (Å²) in [5.41, 5.74) is -1.50. The standard InChI is InChI=1S/C26H27ClF3N5O5S.C21H19ClF3N5O3S.C14H9Cl2F3N2O3S.C12H19N3O2/c1-6-35(21-9-7-8-20(32-21)33-24(37)40-25(3,4)5)23(36)22-19(12-16(27)14-31-22)34-41(38,39)17-11-10-15(2)18(13-17)26(28,29)30;1-3-30(18-6-4-5-17(26)28-18)20(31)19-16(9-13(22)11-27-19)29-34(32,33)14-8-7-12(2)15(10-14)21(23,24)25;1-7-2-3-9(5-10(7)14(17,18)19)25(23,24)21-11-4-8(15)6-20-12(11)13(16)22;1-5-13-9-7-6-8-10(14-9)15-11(16)17-12(2,3)4/h7-14,34H,6H2,1-5H3,(H,32,33,37);4-11,29H,3H2,1-2H3,(H2,26,28);2-6,21H,1H3;6-8H,5H2,1-4H3,(H2,13,14,15,16). The molecule has 0 spiro atoms. The quantitative estimate of drug-likeness (QED) is 0.0275. The van der Waals surface area contributed by atoms with Crippen LogP contribution in [0.25, 0.3) is 0 Å². The number of nitrogen functional groups attached to an aromatic ring is 1. The first-order chi connectivity index (χ1) is 54.1. The van der Waals surface area contributed by atoms with Crippen molar-refractivity contribution in [1.82, 2.24) is 29.9 Å². The van der Waals surface area contributed by atoms with E-state index in [0.29, 0.717) is 24.0 Å². The molecule has 0 aliphatic carbocycles. The second-order valence-corrected chi connectivity index (χ2v) is 33.0. The number of aryl methyl sites for hydroxylation is 3. The smallest absolute Gasteiger partial charge is 0.416 e. The van der Waals surface area contributed by atoms with Crippen LogP contribution in [0.2, 0.25) is 15.1 Å². The molecule has 0 aliphatic rings. The van der Waals surface area contributed by atoms with Crippen molar-refractivity contribution >= 4 is 158 Å². The van der Waals surface area contributed by atoms with E-state index in [2.05, 4.69) is 55.3 Å². The molecule has 3 aromatic carbocycles. The van der Waals surface area contributed by atoms with Gasteiger partial charge in [-0.2, -0.15) is 39.5 Å². The molecule has 28 nitrogen and oxygen atoms in total. The number of sulfonamides is 3. The Morgan fingerprint density at radius 2 is 0.761 bits per heavy atom. The summed E-state index contributed by atoms with van der Waals surface area (Å²) < 4.78 is 212. The lowest BCUT2D eigenvalue weighted by atomic mass is 10.1. The van der Waals surface area contributed by atoms with Crippen LogP contribution in [0.3, 0.4) is 0 Å². The van der Waals surface area contributed by atoms with Gasteiger partial charge in [0.25, 0.3) is 47.1 Å². The van der Waals surface area contributed by atoms with Gasteiger partial charge in [0.1, 0.15) is 51.8 Å². The Balaban J connectivity index is 0.000000253. The van der Waals surface area contributed by atoms with Gasteiger partial charge < -0.3 is 20.5 Å². The highest BCUT2D eigenvalue weighted by atomic mass is 35.5. The molecule has 0 saturated heterocycles. The molecule has 6 heterocycles. The van der Waals surface area contributed by atoms with Crippen molar-refractivity contribution in [3.8, 4) is 0 Å². The lowest BCUT2D eigenvalue weighted by molar-refractivity contribution is -0.139. The number of alkyl halides is 9. The lowest BCUT2D eigenvalue weighted by Crippen LogP contribution is -2.33. The third-order valence-electron chi connectivity index (χ3n) is 14.9. The van der Waals surface area contributed by atoms with E-state index in [1.165, 1.54) is 56.0 Å². The van der Waals surface area contributed by atoms with E-state index in [0.717, 1.165) is 90.5 Å². The third-order valence-corrected chi connectivity index (χ3v) is 19.8. The fourth-order valence-corrected chi connectivity index (χ4v) is 13.7. The van der Waals surface area contributed by atoms with Crippen molar-refractivity contribution in [2.75, 3.05) is 65.3 Å². The van der Waals surface area contributed by atoms with Crippen LogP contribution in [0.1, 0.15) is 127 Å². The predicted molar refractivity (Wildman–Crippen MR) is 425 cm³/mol. The van der Waals surface area contributed by atoms with Gasteiger partial charge in [0.05, 0.1) is 63.5 Å². The van der Waals surface area contributed by atoms with Crippen molar-refractivity contribution in [3.63, 3.8) is 0 Å². The molecule has 0 aliphatic heterocycles. The maximum atomic E-state index is 13.6. The number of halogens is 13. The Morgan fingerprint density at radius 3 is 1.09 bits per heavy atom. The van der Waals surface area contributed by atoms with Gasteiger partial charge in [0, 0.05) is 38.2 Å². The molecule has 628 valence electrons. The maximum absolute atomic E-state index is 13.6. The van der Waals surface area contributed by atoms with Crippen LogP contribution >= 0.6 is 46.4 Å². The highest BCUT2D eigenvalue weighted by Gasteiger charge is 2.38. The number of ether oxygens (including phenoxy) is 2. The monoisotopic (exact) mass is 1780 g/mol. The summed E-state index contributed by atoms with van der Waals surface area (Å²) in [6.45, 7) is 20.4. The number of nitrogens with one attached hydrogen (secondary N) is 6. The molecular weight excluding hydrogens is 1700 g/mol. The predicted octanol–water partition coefficient (Wildman–Crippen LogP) is 17.9. The summed E-state index contributed by atoms with van der Waals surface area (Å²) in [5.74, 6) is 0.190. The van der Waals surface area contributed by atoms with Gasteiger partial charge in [-0.25, -0.2) is 64.7 Å². The number of nitrogens with zero attached hydrogens (tertiary/aromatic N) is 8. The highest BCUT2D eigenvalue weighted by molar-refractivity contribution is 7.93. The van der Waals surface area contributed by atoms with Gasteiger partial charge in [-0.15, -0.1) is 0 Å². The molecule has 0 unspecified atom stereocenters. The molecule has 0 radical (unpaired) electrons. The van der Waals surface area contributed by atoms with Crippen molar-refractivity contribution in [1.29, 1.82) is 0 Å². The van der Waals surface area contributed by atoms with E-state index >= 15 is 0 Å². The number of aromatic nitrogens is 6. The van der Waals surface area contributed by atoms with Crippen LogP contribution in [-0.4, -0.2) is 115 Å². The number of pyridine rings is 6. The zero-order chi connectivity index (χ0) is 87.9. The fourth-order valence-electron chi connectivity index (χ4n) is 9.79. The molecule has 4 amide bonds. The van der Waals surface area contributed by atoms with Gasteiger partial charge in [0.2, 0.25) is 0 Å². The molecule has 117 heavy (non-hydrogen) atoms. The minimum atomic E-state index is -4.78. The van der Waals surface area contributed by atoms with Crippen LogP contribution in [0.15, 0.2) is 161 Å². The normalized spacial score (nSPS) is 11.8. The molecule has 0 bridgehead atoms. The summed E-state index contributed by atoms with van der Waals surface area (Å²) in [7, 11) is -13.6. The zero-order valence-electron chi connectivity index (χ0n) is 63.6. The number of carbonyl (C=O) groups is 5. The molecule has 0 saturated carbocycles. The number of amides is 4. The van der Waals surface area contributed by atoms with Crippen LogP contribution in [0.4, 0.5) is 101 Å². The number of carbonyl (C=O) groups excluding carboxylic acids is 5. The van der Waals surface area contributed by atoms with Gasteiger partial charge in [-0.3, -0.25) is 49.0 Å². The van der Waals surface area contributed by atoms with E-state index in [-0.39, 0.29) is 90.9 Å². The van der Waals surface area contributed by atoms with E-state index in [4.69, 9.17) is 61.6 Å². The summed E-state index contributed by atoms with van der Waals surface area (Å²) in [4.78, 5) is 86.3. The molecule has 6 aromatic heterocycles. The molecule has 9 aromatic rings. The number of anilines is 9. The average Bonchev–Trinajstić information content (AvgIpc) is 0.790. The Morgan fingerprint density at radius 1 is 0.444 bits per heavy atom. The van der Waals surface area contributed by atoms with Crippen molar-refractivity contribution in [2.24, 2.45) is 0 Å². The molecular formula is C73H74Cl4F9N15O13S3. The number of hydrogen-bond acceptors (Lipinski definition) is 21. The molecule has 0 fully saturated rings. The van der Waals surface area contributed by atoms with E-state index < -0.39 is 132 Å². The first-order valence-corrected chi connectivity index (χ1v) is 39.9.